The highest BCUT2D eigenvalue weighted by Crippen LogP contribution is 2.31. The zero-order valence-corrected chi connectivity index (χ0v) is 15.4. The van der Waals surface area contributed by atoms with Crippen molar-refractivity contribution in [2.45, 2.75) is 38.6 Å². The number of hydrogen-bond acceptors (Lipinski definition) is 4. The van der Waals surface area contributed by atoms with Crippen molar-refractivity contribution in [3.8, 4) is 0 Å². The van der Waals surface area contributed by atoms with E-state index in [0.29, 0.717) is 0 Å². The van der Waals surface area contributed by atoms with Crippen molar-refractivity contribution < 1.29 is 14.3 Å². The van der Waals surface area contributed by atoms with Crippen LogP contribution in [0.25, 0.3) is 0 Å². The van der Waals surface area contributed by atoms with Crippen LogP contribution in [-0.4, -0.2) is 68.2 Å². The van der Waals surface area contributed by atoms with Gasteiger partial charge in [0.25, 0.3) is 5.91 Å². The Morgan fingerprint density at radius 3 is 2.60 bits per heavy atom. The van der Waals surface area contributed by atoms with Gasteiger partial charge in [0.2, 0.25) is 0 Å². The molecule has 3 heterocycles. The molecule has 3 fully saturated rings. The largest absolute Gasteiger partial charge is 0.381 e. The average Bonchev–Trinajstić information content (AvgIpc) is 3.13. The molecule has 3 amide bonds. The zero-order chi connectivity index (χ0) is 18.1. The molecule has 0 aromatic heterocycles. The molecule has 3 aliphatic heterocycles. The van der Waals surface area contributed by atoms with E-state index in [9.17, 15) is 9.59 Å². The first-order valence-electron chi connectivity index (χ1n) is 9.03. The molecule has 3 saturated heterocycles. The summed E-state index contributed by atoms with van der Waals surface area (Å²) in [5.74, 6) is 0.818. The highest BCUT2D eigenvalue weighted by Gasteiger charge is 2.48. The molecule has 3 rings (SSSR count). The number of guanidine groups is 1. The van der Waals surface area contributed by atoms with Gasteiger partial charge in [-0.2, -0.15) is 0 Å². The predicted molar refractivity (Wildman–Crippen MR) is 94.3 cm³/mol. The Bertz CT molecular complexity index is 565. The van der Waals surface area contributed by atoms with Crippen molar-refractivity contribution in [1.29, 1.82) is 0 Å². The quantitative estimate of drug-likeness (QED) is 0.386. The monoisotopic (exact) mass is 351 g/mol. The van der Waals surface area contributed by atoms with Gasteiger partial charge in [0, 0.05) is 38.7 Å². The SMILES string of the molecule is CN=C(NCC1(C)CCOC1)N1CCC(C2(C)NC(=O)NC2=O)CC1. The molecule has 0 aromatic rings. The van der Waals surface area contributed by atoms with Gasteiger partial charge in [-0.3, -0.25) is 15.1 Å². The topological polar surface area (TPSA) is 95.1 Å². The smallest absolute Gasteiger partial charge is 0.322 e. The first-order chi connectivity index (χ1) is 11.9. The molecule has 0 aromatic carbocycles. The minimum Gasteiger partial charge on any atom is -0.381 e. The second-order valence-electron chi connectivity index (χ2n) is 7.89. The normalized spacial score (nSPS) is 34.2. The van der Waals surface area contributed by atoms with E-state index in [-0.39, 0.29) is 23.3 Å². The Balaban J connectivity index is 1.54. The number of imide groups is 1. The van der Waals surface area contributed by atoms with Gasteiger partial charge in [-0.25, -0.2) is 4.79 Å². The summed E-state index contributed by atoms with van der Waals surface area (Å²) in [6.45, 7) is 8.14. The van der Waals surface area contributed by atoms with Crippen LogP contribution < -0.4 is 16.0 Å². The number of amides is 3. The van der Waals surface area contributed by atoms with Crippen LogP contribution in [0.3, 0.4) is 0 Å². The Kier molecular flexibility index (Phi) is 4.90. The molecule has 3 N–H and O–H groups in total. The zero-order valence-electron chi connectivity index (χ0n) is 15.4. The van der Waals surface area contributed by atoms with E-state index in [1.54, 1.807) is 7.05 Å². The number of ether oxygens (including phenoxy) is 1. The van der Waals surface area contributed by atoms with Crippen molar-refractivity contribution in [3.63, 3.8) is 0 Å². The van der Waals surface area contributed by atoms with Crippen molar-refractivity contribution >= 4 is 17.9 Å². The number of nitrogens with one attached hydrogen (secondary N) is 3. The van der Waals surface area contributed by atoms with E-state index in [2.05, 4.69) is 32.8 Å². The number of carbonyl (C=O) groups excluding carboxylic acids is 2. The van der Waals surface area contributed by atoms with Crippen molar-refractivity contribution in [3.05, 3.63) is 0 Å². The molecule has 8 nitrogen and oxygen atoms in total. The van der Waals surface area contributed by atoms with Gasteiger partial charge < -0.3 is 20.3 Å². The lowest BCUT2D eigenvalue weighted by molar-refractivity contribution is -0.125. The molecule has 0 bridgehead atoms. The lowest BCUT2D eigenvalue weighted by Gasteiger charge is -2.40. The number of rotatable bonds is 3. The maximum atomic E-state index is 12.1. The highest BCUT2D eigenvalue weighted by molar-refractivity contribution is 6.07. The molecule has 2 atom stereocenters. The standard InChI is InChI=1S/C17H29N5O3/c1-16(6-9-25-11-16)10-19-14(18-3)22-7-4-12(5-8-22)17(2)13(23)20-15(24)21-17/h12H,4-11H2,1-3H3,(H,18,19)(H2,20,21,23,24). The number of carbonyl (C=O) groups is 2. The first-order valence-corrected chi connectivity index (χ1v) is 9.03. The van der Waals surface area contributed by atoms with Crippen molar-refractivity contribution in [2.75, 3.05) is 39.9 Å². The van der Waals surface area contributed by atoms with Gasteiger partial charge >= 0.3 is 6.03 Å². The summed E-state index contributed by atoms with van der Waals surface area (Å²) in [7, 11) is 1.80. The van der Waals surface area contributed by atoms with E-state index in [1.165, 1.54) is 0 Å². The van der Waals surface area contributed by atoms with E-state index in [1.807, 2.05) is 6.92 Å². The van der Waals surface area contributed by atoms with Crippen molar-refractivity contribution in [2.24, 2.45) is 16.3 Å². The predicted octanol–water partition coefficient (Wildman–Crippen LogP) is 0.299. The van der Waals surface area contributed by atoms with Crippen LogP contribution in [0.5, 0.6) is 0 Å². The molecular weight excluding hydrogens is 322 g/mol. The van der Waals surface area contributed by atoms with E-state index >= 15 is 0 Å². The Labute approximate surface area is 148 Å². The van der Waals surface area contributed by atoms with Crippen LogP contribution >= 0.6 is 0 Å². The molecule has 0 saturated carbocycles. The van der Waals surface area contributed by atoms with Gasteiger partial charge in [-0.05, 0) is 32.1 Å². The third-order valence-corrected chi connectivity index (χ3v) is 5.87. The summed E-state index contributed by atoms with van der Waals surface area (Å²) in [6.07, 6.45) is 2.74. The Morgan fingerprint density at radius 2 is 2.08 bits per heavy atom. The molecule has 25 heavy (non-hydrogen) atoms. The molecule has 2 unspecified atom stereocenters. The number of aliphatic imine (C=N–C) groups is 1. The summed E-state index contributed by atoms with van der Waals surface area (Å²) < 4.78 is 5.51. The fraction of sp³-hybridized carbons (Fsp3) is 0.824. The first kappa shape index (κ1) is 18.0. The van der Waals surface area contributed by atoms with Crippen LogP contribution in [0, 0.1) is 11.3 Å². The van der Waals surface area contributed by atoms with E-state index in [4.69, 9.17) is 4.74 Å². The Morgan fingerprint density at radius 1 is 1.36 bits per heavy atom. The molecule has 0 radical (unpaired) electrons. The fourth-order valence-corrected chi connectivity index (χ4v) is 3.99. The second-order valence-corrected chi connectivity index (χ2v) is 7.89. The second kappa shape index (κ2) is 6.82. The van der Waals surface area contributed by atoms with Crippen molar-refractivity contribution in [1.82, 2.24) is 20.9 Å². The minimum atomic E-state index is -0.797. The van der Waals surface area contributed by atoms with Gasteiger partial charge in [-0.1, -0.05) is 6.92 Å². The van der Waals surface area contributed by atoms with Gasteiger partial charge in [0.15, 0.2) is 5.96 Å². The minimum absolute atomic E-state index is 0.133. The number of urea groups is 1. The maximum Gasteiger partial charge on any atom is 0.322 e. The van der Waals surface area contributed by atoms with Crippen LogP contribution in [0.15, 0.2) is 4.99 Å². The van der Waals surface area contributed by atoms with E-state index in [0.717, 1.165) is 58.1 Å². The van der Waals surface area contributed by atoms with Crippen LogP contribution in [0.4, 0.5) is 4.79 Å². The lowest BCUT2D eigenvalue weighted by Crippen LogP contribution is -2.55. The molecule has 0 aliphatic carbocycles. The summed E-state index contributed by atoms with van der Waals surface area (Å²) in [4.78, 5) is 30.2. The molecular formula is C17H29N5O3. The van der Waals surface area contributed by atoms with E-state index < -0.39 is 5.54 Å². The maximum absolute atomic E-state index is 12.1. The van der Waals surface area contributed by atoms with Gasteiger partial charge in [0.1, 0.15) is 5.54 Å². The average molecular weight is 351 g/mol. The number of piperidine rings is 1. The molecule has 8 heteroatoms. The highest BCUT2D eigenvalue weighted by atomic mass is 16.5. The Hall–Kier alpha value is -1.83. The molecule has 3 aliphatic rings. The summed E-state index contributed by atoms with van der Waals surface area (Å²) in [6, 6.07) is -0.389. The third kappa shape index (κ3) is 3.58. The van der Waals surface area contributed by atoms with Gasteiger partial charge in [-0.15, -0.1) is 0 Å². The third-order valence-electron chi connectivity index (χ3n) is 5.87. The summed E-state index contributed by atoms with van der Waals surface area (Å²) in [5, 5.41) is 8.63. The lowest BCUT2D eigenvalue weighted by atomic mass is 9.79. The van der Waals surface area contributed by atoms with Crippen LogP contribution in [0.2, 0.25) is 0 Å². The van der Waals surface area contributed by atoms with Crippen LogP contribution in [-0.2, 0) is 9.53 Å². The summed E-state index contributed by atoms with van der Waals surface area (Å²) >= 11 is 0. The number of nitrogens with zero attached hydrogens (tertiary/aromatic N) is 2. The van der Waals surface area contributed by atoms with Crippen LogP contribution in [0.1, 0.15) is 33.1 Å². The number of hydrogen-bond donors (Lipinski definition) is 3. The summed E-state index contributed by atoms with van der Waals surface area (Å²) in [5.41, 5.74) is -0.636. The molecule has 0 spiro atoms. The fourth-order valence-electron chi connectivity index (χ4n) is 3.99. The van der Waals surface area contributed by atoms with Gasteiger partial charge in [0.05, 0.1) is 6.61 Å². The number of likely N-dealkylation sites (tertiary alicyclic amines) is 1. The molecule has 140 valence electrons.